The van der Waals surface area contributed by atoms with Gasteiger partial charge >= 0.3 is 5.97 Å². The zero-order valence-corrected chi connectivity index (χ0v) is 10.3. The van der Waals surface area contributed by atoms with Crippen molar-refractivity contribution in [3.63, 3.8) is 0 Å². The molecule has 0 aromatic carbocycles. The molecule has 5 heteroatoms. The molecule has 0 bridgehead atoms. The standard InChI is InChI=1S/C12H20O5/c1-9-3-5-11(16-8-15-2)6-4-10(13)7-12(14)17-9/h4,6,9-11,13H,3,5,7-8H2,1-2H3/b6-4+/t9-,10-,11-/m1/s1. The van der Waals surface area contributed by atoms with E-state index in [1.54, 1.807) is 19.3 Å². The summed E-state index contributed by atoms with van der Waals surface area (Å²) in [6.07, 6.45) is 3.67. The average Bonchev–Trinajstić information content (AvgIpc) is 2.27. The largest absolute Gasteiger partial charge is 0.463 e. The molecule has 0 aromatic heterocycles. The van der Waals surface area contributed by atoms with Crippen LogP contribution in [0.1, 0.15) is 26.2 Å². The lowest BCUT2D eigenvalue weighted by Gasteiger charge is -2.20. The maximum absolute atomic E-state index is 11.3. The Morgan fingerprint density at radius 3 is 2.94 bits per heavy atom. The van der Waals surface area contributed by atoms with Crippen LogP contribution in [0.2, 0.25) is 0 Å². The van der Waals surface area contributed by atoms with Gasteiger partial charge in [0.25, 0.3) is 0 Å². The molecule has 0 unspecified atom stereocenters. The van der Waals surface area contributed by atoms with Crippen LogP contribution in [0.15, 0.2) is 12.2 Å². The Labute approximate surface area is 101 Å². The number of aliphatic hydroxyl groups is 1. The van der Waals surface area contributed by atoms with E-state index < -0.39 is 6.10 Å². The van der Waals surface area contributed by atoms with E-state index in [2.05, 4.69) is 0 Å². The summed E-state index contributed by atoms with van der Waals surface area (Å²) in [5.41, 5.74) is 0. The minimum Gasteiger partial charge on any atom is -0.463 e. The van der Waals surface area contributed by atoms with Crippen molar-refractivity contribution < 1.29 is 24.1 Å². The van der Waals surface area contributed by atoms with Crippen LogP contribution in [0.5, 0.6) is 0 Å². The summed E-state index contributed by atoms with van der Waals surface area (Å²) in [6.45, 7) is 2.04. The lowest BCUT2D eigenvalue weighted by Crippen LogP contribution is -2.23. The molecule has 0 saturated carbocycles. The first-order valence-electron chi connectivity index (χ1n) is 5.78. The highest BCUT2D eigenvalue weighted by Crippen LogP contribution is 2.13. The minimum absolute atomic E-state index is 0.0160. The van der Waals surface area contributed by atoms with Crippen molar-refractivity contribution in [1.29, 1.82) is 0 Å². The molecular weight excluding hydrogens is 224 g/mol. The van der Waals surface area contributed by atoms with Crippen LogP contribution in [0.4, 0.5) is 0 Å². The van der Waals surface area contributed by atoms with Crippen molar-refractivity contribution in [2.75, 3.05) is 13.9 Å². The first-order chi connectivity index (χ1) is 8.11. The summed E-state index contributed by atoms with van der Waals surface area (Å²) in [4.78, 5) is 11.3. The molecule has 0 saturated heterocycles. The lowest BCUT2D eigenvalue weighted by molar-refractivity contribution is -0.150. The molecule has 1 rings (SSSR count). The summed E-state index contributed by atoms with van der Waals surface area (Å²) in [5, 5.41) is 9.56. The number of ether oxygens (including phenoxy) is 3. The minimum atomic E-state index is -0.818. The Kier molecular flexibility index (Phi) is 6.18. The van der Waals surface area contributed by atoms with E-state index in [4.69, 9.17) is 14.2 Å². The smallest absolute Gasteiger partial charge is 0.309 e. The van der Waals surface area contributed by atoms with Crippen molar-refractivity contribution in [2.24, 2.45) is 0 Å². The number of aliphatic hydroxyl groups excluding tert-OH is 1. The van der Waals surface area contributed by atoms with E-state index >= 15 is 0 Å². The Balaban J connectivity index is 2.58. The Hall–Kier alpha value is -0.910. The number of methoxy groups -OCH3 is 1. The van der Waals surface area contributed by atoms with Crippen LogP contribution < -0.4 is 0 Å². The van der Waals surface area contributed by atoms with Crippen LogP contribution in [-0.2, 0) is 19.0 Å². The molecule has 0 aliphatic carbocycles. The average molecular weight is 244 g/mol. The molecule has 3 atom stereocenters. The number of carbonyl (C=O) groups is 1. The third-order valence-corrected chi connectivity index (χ3v) is 2.51. The van der Waals surface area contributed by atoms with Crippen LogP contribution >= 0.6 is 0 Å². The van der Waals surface area contributed by atoms with Gasteiger partial charge in [0.2, 0.25) is 0 Å². The monoisotopic (exact) mass is 244 g/mol. The summed E-state index contributed by atoms with van der Waals surface area (Å²) in [6, 6.07) is 0. The molecule has 1 heterocycles. The van der Waals surface area contributed by atoms with Crippen molar-refractivity contribution in [3.05, 3.63) is 12.2 Å². The number of hydrogen-bond donors (Lipinski definition) is 1. The maximum atomic E-state index is 11.3. The summed E-state index contributed by atoms with van der Waals surface area (Å²) >= 11 is 0. The third-order valence-electron chi connectivity index (χ3n) is 2.51. The van der Waals surface area contributed by atoms with Crippen LogP contribution in [0.3, 0.4) is 0 Å². The molecular formula is C12H20O5. The van der Waals surface area contributed by atoms with Gasteiger partial charge in [-0.25, -0.2) is 0 Å². The van der Waals surface area contributed by atoms with Gasteiger partial charge in [0.15, 0.2) is 0 Å². The summed E-state index contributed by atoms with van der Waals surface area (Å²) in [5.74, 6) is -0.370. The second-order valence-electron chi connectivity index (χ2n) is 4.15. The van der Waals surface area contributed by atoms with E-state index in [0.717, 1.165) is 12.8 Å². The second kappa shape index (κ2) is 7.42. The van der Waals surface area contributed by atoms with Crippen molar-refractivity contribution in [1.82, 2.24) is 0 Å². The van der Waals surface area contributed by atoms with Gasteiger partial charge in [0.1, 0.15) is 6.79 Å². The highest BCUT2D eigenvalue weighted by molar-refractivity contribution is 5.70. The number of cyclic esters (lactones) is 1. The van der Waals surface area contributed by atoms with E-state index in [1.807, 2.05) is 6.92 Å². The zero-order valence-electron chi connectivity index (χ0n) is 10.3. The number of carbonyl (C=O) groups excluding carboxylic acids is 1. The van der Waals surface area contributed by atoms with Crippen molar-refractivity contribution in [3.8, 4) is 0 Å². The summed E-state index contributed by atoms with van der Waals surface area (Å²) < 4.78 is 15.4. The number of hydrogen-bond acceptors (Lipinski definition) is 5. The molecule has 1 aliphatic heterocycles. The van der Waals surface area contributed by atoms with Gasteiger partial charge in [0, 0.05) is 7.11 Å². The predicted octanol–water partition coefficient (Wildman–Crippen LogP) is 1.01. The molecule has 0 aromatic rings. The molecule has 0 fully saturated rings. The summed E-state index contributed by atoms with van der Waals surface area (Å²) in [7, 11) is 1.56. The fourth-order valence-electron chi connectivity index (χ4n) is 1.61. The fourth-order valence-corrected chi connectivity index (χ4v) is 1.61. The van der Waals surface area contributed by atoms with E-state index in [9.17, 15) is 9.90 Å². The Morgan fingerprint density at radius 2 is 2.24 bits per heavy atom. The van der Waals surface area contributed by atoms with Crippen molar-refractivity contribution in [2.45, 2.75) is 44.5 Å². The quantitative estimate of drug-likeness (QED) is 0.456. The van der Waals surface area contributed by atoms with Crippen LogP contribution in [-0.4, -0.2) is 43.3 Å². The van der Waals surface area contributed by atoms with Gasteiger partial charge in [-0.1, -0.05) is 12.2 Å². The Bertz CT molecular complexity index is 264. The molecule has 0 spiro atoms. The highest BCUT2D eigenvalue weighted by Gasteiger charge is 2.17. The first-order valence-corrected chi connectivity index (χ1v) is 5.78. The van der Waals surface area contributed by atoms with Gasteiger partial charge in [0.05, 0.1) is 24.7 Å². The Morgan fingerprint density at radius 1 is 1.47 bits per heavy atom. The van der Waals surface area contributed by atoms with Crippen LogP contribution in [0.25, 0.3) is 0 Å². The molecule has 98 valence electrons. The van der Waals surface area contributed by atoms with Gasteiger partial charge < -0.3 is 19.3 Å². The topological polar surface area (TPSA) is 65.0 Å². The second-order valence-corrected chi connectivity index (χ2v) is 4.15. The van der Waals surface area contributed by atoms with Gasteiger partial charge in [-0.3, -0.25) is 4.79 Å². The maximum Gasteiger partial charge on any atom is 0.309 e. The molecule has 0 radical (unpaired) electrons. The van der Waals surface area contributed by atoms with Crippen molar-refractivity contribution >= 4 is 5.97 Å². The third kappa shape index (κ3) is 5.81. The molecule has 5 nitrogen and oxygen atoms in total. The number of esters is 1. The van der Waals surface area contributed by atoms with E-state index in [0.29, 0.717) is 0 Å². The molecule has 1 aliphatic rings. The molecule has 17 heavy (non-hydrogen) atoms. The predicted molar refractivity (Wildman–Crippen MR) is 61.3 cm³/mol. The highest BCUT2D eigenvalue weighted by atomic mass is 16.7. The van der Waals surface area contributed by atoms with E-state index in [-0.39, 0.29) is 31.4 Å². The normalized spacial score (nSPS) is 32.9. The zero-order chi connectivity index (χ0) is 12.7. The first kappa shape index (κ1) is 14.2. The van der Waals surface area contributed by atoms with Gasteiger partial charge in [-0.15, -0.1) is 0 Å². The SMILES string of the molecule is COCO[C@H]1/C=C/[C@@H](O)CC(=O)O[C@H](C)CC1. The number of rotatable bonds is 3. The molecule has 1 N–H and O–H groups in total. The molecule has 0 amide bonds. The lowest BCUT2D eigenvalue weighted by atomic mass is 10.1. The van der Waals surface area contributed by atoms with Crippen LogP contribution in [0, 0.1) is 0 Å². The van der Waals surface area contributed by atoms with Gasteiger partial charge in [-0.2, -0.15) is 0 Å². The fraction of sp³-hybridized carbons (Fsp3) is 0.750. The van der Waals surface area contributed by atoms with Gasteiger partial charge in [-0.05, 0) is 19.8 Å². The van der Waals surface area contributed by atoms with E-state index in [1.165, 1.54) is 0 Å².